The molecule has 1 aliphatic heterocycles. The van der Waals surface area contributed by atoms with E-state index < -0.39 is 0 Å². The van der Waals surface area contributed by atoms with Gasteiger partial charge < -0.3 is 15.8 Å². The first-order valence-corrected chi connectivity index (χ1v) is 6.99. The van der Waals surface area contributed by atoms with Crippen LogP contribution in [0.3, 0.4) is 0 Å². The van der Waals surface area contributed by atoms with Crippen LogP contribution in [0.4, 0.5) is 0 Å². The van der Waals surface area contributed by atoms with Gasteiger partial charge in [0.15, 0.2) is 0 Å². The monoisotopic (exact) mass is 296 g/mol. The van der Waals surface area contributed by atoms with Crippen molar-refractivity contribution in [3.63, 3.8) is 0 Å². The fourth-order valence-electron chi connectivity index (χ4n) is 2.66. The van der Waals surface area contributed by atoms with Gasteiger partial charge in [-0.15, -0.1) is 12.4 Å². The molecular formula is C15H21ClN2O2. The molecule has 2 aliphatic rings. The number of ether oxygens (including phenoxy) is 1. The fourth-order valence-corrected chi connectivity index (χ4v) is 2.66. The smallest absolute Gasteiger partial charge is 0.227 e. The molecule has 1 heterocycles. The summed E-state index contributed by atoms with van der Waals surface area (Å²) in [5, 5.41) is 3.09. The van der Waals surface area contributed by atoms with Crippen LogP contribution in [-0.4, -0.2) is 25.1 Å². The summed E-state index contributed by atoms with van der Waals surface area (Å²) in [4.78, 5) is 12.3. The van der Waals surface area contributed by atoms with Crippen molar-refractivity contribution in [1.29, 1.82) is 0 Å². The lowest BCUT2D eigenvalue weighted by Crippen LogP contribution is -2.46. The molecule has 1 aliphatic carbocycles. The van der Waals surface area contributed by atoms with Crippen LogP contribution in [0, 0.1) is 11.8 Å². The van der Waals surface area contributed by atoms with E-state index in [0.717, 1.165) is 17.7 Å². The van der Waals surface area contributed by atoms with E-state index in [1.165, 1.54) is 12.8 Å². The molecule has 0 spiro atoms. The lowest BCUT2D eigenvalue weighted by Gasteiger charge is -2.26. The van der Waals surface area contributed by atoms with Crippen molar-refractivity contribution in [3.8, 4) is 5.75 Å². The zero-order valence-electron chi connectivity index (χ0n) is 11.4. The number of carbonyl (C=O) groups is 1. The van der Waals surface area contributed by atoms with E-state index in [2.05, 4.69) is 5.32 Å². The lowest BCUT2D eigenvalue weighted by atomic mass is 9.95. The van der Waals surface area contributed by atoms with E-state index in [4.69, 9.17) is 10.5 Å². The highest BCUT2D eigenvalue weighted by Crippen LogP contribution is 2.33. The maximum Gasteiger partial charge on any atom is 0.227 e. The molecule has 4 nitrogen and oxygen atoms in total. The van der Waals surface area contributed by atoms with Gasteiger partial charge in [0.1, 0.15) is 12.4 Å². The van der Waals surface area contributed by atoms with Crippen LogP contribution in [0.25, 0.3) is 0 Å². The number of nitrogens with one attached hydrogen (secondary N) is 1. The second-order valence-electron chi connectivity index (χ2n) is 5.51. The van der Waals surface area contributed by atoms with Crippen molar-refractivity contribution < 1.29 is 9.53 Å². The third kappa shape index (κ3) is 3.25. The molecule has 0 radical (unpaired) electrons. The van der Waals surface area contributed by atoms with Crippen LogP contribution >= 0.6 is 12.4 Å². The number of nitrogens with two attached hydrogens (primary N) is 1. The summed E-state index contributed by atoms with van der Waals surface area (Å²) < 4.78 is 5.66. The quantitative estimate of drug-likeness (QED) is 0.885. The summed E-state index contributed by atoms with van der Waals surface area (Å²) in [6.45, 7) is 0.991. The number of hydrogen-bond acceptors (Lipinski definition) is 3. The van der Waals surface area contributed by atoms with Gasteiger partial charge in [0.2, 0.25) is 5.91 Å². The Kier molecular flexibility index (Phi) is 4.89. The van der Waals surface area contributed by atoms with Crippen molar-refractivity contribution in [3.05, 3.63) is 29.8 Å². The predicted molar refractivity (Wildman–Crippen MR) is 80.1 cm³/mol. The van der Waals surface area contributed by atoms with Crippen LogP contribution < -0.4 is 15.8 Å². The predicted octanol–water partition coefficient (Wildman–Crippen LogP) is 1.51. The number of hydrogen-bond donors (Lipinski definition) is 2. The lowest BCUT2D eigenvalue weighted by molar-refractivity contribution is -0.127. The average Bonchev–Trinajstić information content (AvgIpc) is 3.28. The highest BCUT2D eigenvalue weighted by atomic mass is 35.5. The molecule has 3 N–H and O–H groups in total. The third-order valence-electron chi connectivity index (χ3n) is 4.02. The summed E-state index contributed by atoms with van der Waals surface area (Å²) in [5.74, 6) is 1.48. The minimum atomic E-state index is -0.0947. The summed E-state index contributed by atoms with van der Waals surface area (Å²) in [6, 6.07) is 8.06. The van der Waals surface area contributed by atoms with Crippen LogP contribution in [-0.2, 0) is 11.2 Å². The summed E-state index contributed by atoms with van der Waals surface area (Å²) >= 11 is 0. The zero-order chi connectivity index (χ0) is 13.2. The van der Waals surface area contributed by atoms with E-state index in [1.54, 1.807) is 0 Å². The zero-order valence-corrected chi connectivity index (χ0v) is 12.2. The van der Waals surface area contributed by atoms with Gasteiger partial charge in [0.25, 0.3) is 0 Å². The topological polar surface area (TPSA) is 64.3 Å². The Morgan fingerprint density at radius 1 is 1.40 bits per heavy atom. The van der Waals surface area contributed by atoms with Gasteiger partial charge in [-0.2, -0.15) is 0 Å². The molecule has 0 saturated heterocycles. The molecule has 3 rings (SSSR count). The molecule has 1 fully saturated rings. The molecule has 1 aromatic rings. The van der Waals surface area contributed by atoms with Crippen molar-refractivity contribution in [2.24, 2.45) is 17.6 Å². The maximum absolute atomic E-state index is 12.3. The van der Waals surface area contributed by atoms with Gasteiger partial charge >= 0.3 is 0 Å². The molecular weight excluding hydrogens is 276 g/mol. The third-order valence-corrected chi connectivity index (χ3v) is 4.02. The summed E-state index contributed by atoms with van der Waals surface area (Å²) in [5.41, 5.74) is 6.84. The number of fused-ring (bicyclic) bond motifs is 1. The molecule has 0 aromatic heterocycles. The number of halogens is 1. The molecule has 2 atom stereocenters. The number of amides is 1. The minimum Gasteiger partial charge on any atom is -0.492 e. The Hall–Kier alpha value is -1.26. The van der Waals surface area contributed by atoms with Crippen LogP contribution in [0.1, 0.15) is 18.4 Å². The van der Waals surface area contributed by atoms with Crippen molar-refractivity contribution in [2.45, 2.75) is 25.3 Å². The summed E-state index contributed by atoms with van der Waals surface area (Å²) in [6.07, 6.45) is 3.13. The Labute approximate surface area is 125 Å². The van der Waals surface area contributed by atoms with Gasteiger partial charge in [0, 0.05) is 12.6 Å². The van der Waals surface area contributed by atoms with E-state index in [0.29, 0.717) is 19.1 Å². The largest absolute Gasteiger partial charge is 0.492 e. The Balaban J connectivity index is 0.00000147. The number of carbonyl (C=O) groups excluding carboxylic acids is 1. The normalized spacial score (nSPS) is 21.9. The van der Waals surface area contributed by atoms with Crippen molar-refractivity contribution in [1.82, 2.24) is 5.32 Å². The van der Waals surface area contributed by atoms with Crippen molar-refractivity contribution >= 4 is 18.3 Å². The second-order valence-corrected chi connectivity index (χ2v) is 5.51. The van der Waals surface area contributed by atoms with Gasteiger partial charge in [-0.25, -0.2) is 0 Å². The molecule has 1 amide bonds. The van der Waals surface area contributed by atoms with E-state index in [1.807, 2.05) is 24.3 Å². The minimum absolute atomic E-state index is 0. The van der Waals surface area contributed by atoms with E-state index in [9.17, 15) is 4.79 Å². The SMILES string of the molecule is Cl.NCC(NC(=O)C1COc2ccccc2C1)C1CC1. The average molecular weight is 297 g/mol. The van der Waals surface area contributed by atoms with Crippen molar-refractivity contribution in [2.75, 3.05) is 13.2 Å². The molecule has 2 unspecified atom stereocenters. The second kappa shape index (κ2) is 6.46. The van der Waals surface area contributed by atoms with Gasteiger partial charge in [-0.3, -0.25) is 4.79 Å². The fraction of sp³-hybridized carbons (Fsp3) is 0.533. The van der Waals surface area contributed by atoms with Gasteiger partial charge in [0.05, 0.1) is 5.92 Å². The Morgan fingerprint density at radius 3 is 2.85 bits per heavy atom. The van der Waals surface area contributed by atoms with Crippen LogP contribution in [0.5, 0.6) is 5.75 Å². The number of rotatable bonds is 4. The standard InChI is InChI=1S/C15H20N2O2.ClH/c16-8-13(10-5-6-10)17-15(18)12-7-11-3-1-2-4-14(11)19-9-12;/h1-4,10,12-13H,5-9,16H2,(H,17,18);1H. The summed E-state index contributed by atoms with van der Waals surface area (Å²) in [7, 11) is 0. The molecule has 5 heteroatoms. The van der Waals surface area contributed by atoms with Gasteiger partial charge in [-0.1, -0.05) is 18.2 Å². The van der Waals surface area contributed by atoms with E-state index >= 15 is 0 Å². The first-order chi connectivity index (χ1) is 9.28. The van der Waals surface area contributed by atoms with Gasteiger partial charge in [-0.05, 0) is 36.8 Å². The maximum atomic E-state index is 12.3. The first-order valence-electron chi connectivity index (χ1n) is 6.99. The van der Waals surface area contributed by atoms with Crippen LogP contribution in [0.2, 0.25) is 0 Å². The number of benzene rings is 1. The molecule has 1 saturated carbocycles. The number of para-hydroxylation sites is 1. The first kappa shape index (κ1) is 15.1. The highest BCUT2D eigenvalue weighted by Gasteiger charge is 2.33. The Bertz CT molecular complexity index is 477. The van der Waals surface area contributed by atoms with Crippen LogP contribution in [0.15, 0.2) is 24.3 Å². The molecule has 20 heavy (non-hydrogen) atoms. The van der Waals surface area contributed by atoms with E-state index in [-0.39, 0.29) is 30.3 Å². The molecule has 110 valence electrons. The molecule has 1 aromatic carbocycles. The Morgan fingerprint density at radius 2 is 2.15 bits per heavy atom. The highest BCUT2D eigenvalue weighted by molar-refractivity contribution is 5.85. The molecule has 0 bridgehead atoms.